The molecule has 31 heavy (non-hydrogen) atoms. The molecule has 0 spiro atoms. The number of quaternary nitrogens is 2. The fraction of sp³-hybridized carbons (Fsp3) is 0.217. The van der Waals surface area contributed by atoms with Gasteiger partial charge in [0.2, 0.25) is 11.5 Å². The number of amides is 1. The number of aliphatic hydroxyl groups excluding tert-OH is 1. The van der Waals surface area contributed by atoms with Crippen LogP contribution in [0.25, 0.3) is 0 Å². The van der Waals surface area contributed by atoms with Crippen LogP contribution in [-0.2, 0) is 0 Å². The normalized spacial score (nSPS) is 12.2. The molecule has 6 nitrogen and oxygen atoms in total. The van der Waals surface area contributed by atoms with Crippen LogP contribution in [0.4, 0.5) is 5.69 Å². The van der Waals surface area contributed by atoms with Gasteiger partial charge >= 0.3 is 5.91 Å². The Morgan fingerprint density at radius 2 is 1.74 bits per heavy atom. The minimum atomic E-state index is -0.562. The van der Waals surface area contributed by atoms with E-state index in [4.69, 9.17) is 4.42 Å². The Hall–Kier alpha value is -2.48. The van der Waals surface area contributed by atoms with E-state index >= 15 is 0 Å². The van der Waals surface area contributed by atoms with Gasteiger partial charge in [0.05, 0.1) is 18.9 Å². The number of carbonyl (C=O) groups is 2. The van der Waals surface area contributed by atoms with Crippen molar-refractivity contribution in [3.63, 3.8) is 0 Å². The standard InChI is InChI=1S/C23H24N2O4.2ClH/c1-16(22(27)17-7-3-2-4-8-17)14-24-15-20(26)18-9-5-10-19(13-18)25-23(28)21-11-6-12-29-21;;/h2-13,16,22,24,27H,14-15H2,1H3,(H,25,28);2*1H. The van der Waals surface area contributed by atoms with E-state index < -0.39 is 6.10 Å². The summed E-state index contributed by atoms with van der Waals surface area (Å²) in [4.78, 5) is 24.6. The summed E-state index contributed by atoms with van der Waals surface area (Å²) in [5.41, 5.74) is 2.09. The average Bonchev–Trinajstić information content (AvgIpc) is 3.29. The SMILES string of the molecule is CC(C[NH2+]CC(=O)c1cccc([NH2+]C(=O)c2ccco2)c1)C(O)c1ccccc1.[Cl-].[Cl-]. The molecular weight excluding hydrogens is 439 g/mol. The molecule has 0 saturated carbocycles. The minimum Gasteiger partial charge on any atom is -1.00 e. The third-order valence-electron chi connectivity index (χ3n) is 4.82. The van der Waals surface area contributed by atoms with Crippen molar-refractivity contribution >= 4 is 17.4 Å². The summed E-state index contributed by atoms with van der Waals surface area (Å²) in [6.07, 6.45) is 0.889. The number of halogens is 2. The summed E-state index contributed by atoms with van der Waals surface area (Å²) >= 11 is 0. The van der Waals surface area contributed by atoms with Gasteiger partial charge in [0.25, 0.3) is 0 Å². The zero-order valence-electron chi connectivity index (χ0n) is 17.1. The lowest BCUT2D eigenvalue weighted by Crippen LogP contribution is -3.00. The molecular formula is C23H26Cl2N2O4. The second-order valence-corrected chi connectivity index (χ2v) is 7.10. The van der Waals surface area contributed by atoms with Crippen LogP contribution in [0.1, 0.15) is 39.5 Å². The molecule has 2 unspecified atom stereocenters. The number of carbonyl (C=O) groups excluding carboxylic acids is 2. The van der Waals surface area contributed by atoms with Gasteiger partial charge in [-0.2, -0.15) is 0 Å². The van der Waals surface area contributed by atoms with Crippen molar-refractivity contribution in [2.24, 2.45) is 5.92 Å². The highest BCUT2D eigenvalue weighted by Crippen LogP contribution is 2.19. The first kappa shape index (κ1) is 26.6. The van der Waals surface area contributed by atoms with E-state index in [2.05, 4.69) is 0 Å². The largest absolute Gasteiger partial charge is 1.00 e. The zero-order valence-corrected chi connectivity index (χ0v) is 18.6. The molecule has 1 heterocycles. The predicted molar refractivity (Wildman–Crippen MR) is 108 cm³/mol. The molecule has 0 aliphatic heterocycles. The van der Waals surface area contributed by atoms with E-state index in [9.17, 15) is 14.7 Å². The van der Waals surface area contributed by atoms with Crippen LogP contribution in [0, 0.1) is 5.92 Å². The monoisotopic (exact) mass is 464 g/mol. The number of nitrogens with two attached hydrogens (primary N) is 2. The Morgan fingerprint density at radius 1 is 1.00 bits per heavy atom. The molecule has 0 radical (unpaired) electrons. The second-order valence-electron chi connectivity index (χ2n) is 7.10. The van der Waals surface area contributed by atoms with E-state index in [1.165, 1.54) is 11.6 Å². The summed E-state index contributed by atoms with van der Waals surface area (Å²) < 4.78 is 5.10. The highest BCUT2D eigenvalue weighted by atomic mass is 35.5. The van der Waals surface area contributed by atoms with Crippen molar-refractivity contribution in [1.29, 1.82) is 0 Å². The molecule has 0 fully saturated rings. The lowest BCUT2D eigenvalue weighted by Gasteiger charge is -2.17. The van der Waals surface area contributed by atoms with Gasteiger partial charge in [-0.3, -0.25) is 4.79 Å². The van der Waals surface area contributed by atoms with Crippen molar-refractivity contribution in [1.82, 2.24) is 0 Å². The van der Waals surface area contributed by atoms with Gasteiger partial charge in [0, 0.05) is 17.5 Å². The van der Waals surface area contributed by atoms with Gasteiger partial charge in [-0.1, -0.05) is 49.4 Å². The highest BCUT2D eigenvalue weighted by Gasteiger charge is 2.19. The Morgan fingerprint density at radius 3 is 2.42 bits per heavy atom. The molecule has 1 aromatic heterocycles. The molecule has 166 valence electrons. The van der Waals surface area contributed by atoms with Gasteiger partial charge < -0.3 is 39.7 Å². The van der Waals surface area contributed by atoms with Crippen molar-refractivity contribution < 1.29 is 54.6 Å². The second kappa shape index (κ2) is 13.0. The highest BCUT2D eigenvalue weighted by molar-refractivity contribution is 5.97. The van der Waals surface area contributed by atoms with E-state index in [1.54, 1.807) is 36.4 Å². The molecule has 8 heteroatoms. The first-order valence-electron chi connectivity index (χ1n) is 9.65. The Balaban J connectivity index is 0.00000240. The smallest absolute Gasteiger partial charge is 0.383 e. The molecule has 3 rings (SSSR count). The summed E-state index contributed by atoms with van der Waals surface area (Å²) in [6, 6.07) is 19.8. The Bertz CT molecular complexity index is 949. The number of benzene rings is 2. The maximum atomic E-state index is 12.5. The van der Waals surface area contributed by atoms with Crippen molar-refractivity contribution in [3.05, 3.63) is 89.9 Å². The number of rotatable bonds is 9. The van der Waals surface area contributed by atoms with E-state index in [1.807, 2.05) is 42.6 Å². The molecule has 0 aliphatic carbocycles. The van der Waals surface area contributed by atoms with E-state index in [-0.39, 0.29) is 54.7 Å². The van der Waals surface area contributed by atoms with Gasteiger partial charge in [-0.15, -0.1) is 0 Å². The number of aliphatic hydroxyl groups is 1. The van der Waals surface area contributed by atoms with Crippen LogP contribution < -0.4 is 35.4 Å². The fourth-order valence-electron chi connectivity index (χ4n) is 3.15. The molecule has 1 amide bonds. The average molecular weight is 465 g/mol. The van der Waals surface area contributed by atoms with Crippen molar-refractivity contribution in [3.8, 4) is 0 Å². The molecule has 3 aromatic rings. The maximum absolute atomic E-state index is 12.5. The first-order valence-corrected chi connectivity index (χ1v) is 9.65. The van der Waals surface area contributed by atoms with Gasteiger partial charge in [0.15, 0.2) is 0 Å². The number of ketones is 1. The first-order chi connectivity index (χ1) is 14.0. The molecule has 0 saturated heterocycles. The predicted octanol–water partition coefficient (Wildman–Crippen LogP) is -4.56. The maximum Gasteiger partial charge on any atom is 0.383 e. The number of Topliss-reactive ketones (excluding diaryl/α,β-unsaturated/α-hetero) is 1. The summed E-state index contributed by atoms with van der Waals surface area (Å²) in [6.45, 7) is 2.88. The summed E-state index contributed by atoms with van der Waals surface area (Å²) in [7, 11) is 0. The Labute approximate surface area is 193 Å². The van der Waals surface area contributed by atoms with E-state index in [0.29, 0.717) is 17.8 Å². The van der Waals surface area contributed by atoms with Gasteiger partial charge in [-0.25, -0.2) is 10.1 Å². The fourth-order valence-corrected chi connectivity index (χ4v) is 3.15. The topological polar surface area (TPSA) is 101 Å². The minimum absolute atomic E-state index is 0. The summed E-state index contributed by atoms with van der Waals surface area (Å²) in [5, 5.41) is 13.8. The number of primary amides is 1. The molecule has 2 aromatic carbocycles. The quantitative estimate of drug-likeness (QED) is 0.219. The lowest BCUT2D eigenvalue weighted by molar-refractivity contribution is -0.649. The number of hydrogen-bond donors (Lipinski definition) is 3. The third-order valence-corrected chi connectivity index (χ3v) is 4.82. The summed E-state index contributed by atoms with van der Waals surface area (Å²) in [5.74, 6) is 0.0128. The Kier molecular flexibility index (Phi) is 11.2. The molecule has 0 aliphatic rings. The third kappa shape index (κ3) is 7.61. The zero-order chi connectivity index (χ0) is 20.6. The lowest BCUT2D eigenvalue weighted by atomic mass is 9.97. The molecule has 0 bridgehead atoms. The molecule has 5 N–H and O–H groups in total. The number of hydrogen-bond acceptors (Lipinski definition) is 4. The number of furan rings is 1. The molecule has 2 atom stereocenters. The van der Waals surface area contributed by atoms with E-state index in [0.717, 1.165) is 5.56 Å². The van der Waals surface area contributed by atoms with Gasteiger partial charge in [-0.05, 0) is 23.8 Å². The van der Waals surface area contributed by atoms with Gasteiger partial charge in [0.1, 0.15) is 12.2 Å². The van der Waals surface area contributed by atoms with Crippen LogP contribution in [0.15, 0.2) is 77.4 Å². The van der Waals surface area contributed by atoms with Crippen LogP contribution >= 0.6 is 0 Å². The van der Waals surface area contributed by atoms with Crippen LogP contribution in [0.3, 0.4) is 0 Å². The van der Waals surface area contributed by atoms with Crippen molar-refractivity contribution in [2.75, 3.05) is 13.1 Å². The van der Waals surface area contributed by atoms with Crippen molar-refractivity contribution in [2.45, 2.75) is 13.0 Å². The van der Waals surface area contributed by atoms with Crippen LogP contribution in [0.2, 0.25) is 0 Å². The van der Waals surface area contributed by atoms with Crippen LogP contribution in [-0.4, -0.2) is 29.9 Å². The van der Waals surface area contributed by atoms with Crippen LogP contribution in [0.5, 0.6) is 0 Å².